The lowest BCUT2D eigenvalue weighted by Gasteiger charge is -2.16. The lowest BCUT2D eigenvalue weighted by molar-refractivity contribution is -0.0491. The van der Waals surface area contributed by atoms with Crippen molar-refractivity contribution in [2.24, 2.45) is 0 Å². The van der Waals surface area contributed by atoms with E-state index in [0.29, 0.717) is 0 Å². The number of nitrogens with zero attached hydrogens (tertiary/aromatic N) is 1. The Morgan fingerprint density at radius 1 is 1.55 bits per heavy atom. The van der Waals surface area contributed by atoms with Gasteiger partial charge in [0.15, 0.2) is 12.4 Å². The molecule has 1 aromatic rings. The van der Waals surface area contributed by atoms with Crippen molar-refractivity contribution in [2.75, 3.05) is 6.61 Å². The van der Waals surface area contributed by atoms with E-state index in [9.17, 15) is 19.1 Å². The maximum absolute atomic E-state index is 13.9. The van der Waals surface area contributed by atoms with Crippen LogP contribution in [0.1, 0.15) is 18.7 Å². The van der Waals surface area contributed by atoms with Crippen LogP contribution in [0.3, 0.4) is 0 Å². The summed E-state index contributed by atoms with van der Waals surface area (Å²) in [5, 5.41) is 18.5. The van der Waals surface area contributed by atoms with Gasteiger partial charge in [0, 0.05) is 6.20 Å². The number of hydrogen-bond donors (Lipinski definition) is 3. The van der Waals surface area contributed by atoms with Crippen molar-refractivity contribution in [3.05, 3.63) is 38.7 Å². The van der Waals surface area contributed by atoms with Crippen molar-refractivity contribution in [1.29, 1.82) is 0 Å². The molecular weight excluding hydrogens is 271 g/mol. The van der Waals surface area contributed by atoms with E-state index in [4.69, 9.17) is 9.84 Å². The first-order valence-corrected chi connectivity index (χ1v) is 6.06. The van der Waals surface area contributed by atoms with E-state index in [2.05, 4.69) is 0 Å². The molecule has 3 N–H and O–H groups in total. The highest BCUT2D eigenvalue weighted by molar-refractivity contribution is 5.45. The predicted octanol–water partition coefficient (Wildman–Crippen LogP) is -0.842. The molecule has 0 aromatic carbocycles. The summed E-state index contributed by atoms with van der Waals surface area (Å²) in [6.45, 7) is 1.11. The molecule has 110 valence electrons. The molecule has 1 fully saturated rings. The van der Waals surface area contributed by atoms with E-state index in [-0.39, 0.29) is 5.56 Å². The van der Waals surface area contributed by atoms with Crippen molar-refractivity contribution in [2.45, 2.75) is 31.5 Å². The van der Waals surface area contributed by atoms with Gasteiger partial charge in [0.2, 0.25) is 0 Å². The SMILES string of the molecule is C/C=C/c1cn([C@@H]2O[C@H](CO)[C@@H](O)[C@H]2F)c(=O)[nH]c1=O. The second kappa shape index (κ2) is 5.70. The Bertz CT molecular complexity index is 623. The molecule has 7 nitrogen and oxygen atoms in total. The molecule has 2 rings (SSSR count). The molecule has 1 aliphatic heterocycles. The Morgan fingerprint density at radius 2 is 2.25 bits per heavy atom. The molecule has 1 saturated heterocycles. The second-order valence-corrected chi connectivity index (χ2v) is 4.43. The van der Waals surface area contributed by atoms with Gasteiger partial charge in [-0.15, -0.1) is 0 Å². The van der Waals surface area contributed by atoms with Crippen LogP contribution in [0.15, 0.2) is 21.9 Å². The zero-order valence-electron chi connectivity index (χ0n) is 10.7. The molecule has 2 heterocycles. The van der Waals surface area contributed by atoms with Gasteiger partial charge in [0.1, 0.15) is 12.2 Å². The summed E-state index contributed by atoms with van der Waals surface area (Å²) in [4.78, 5) is 25.3. The fourth-order valence-corrected chi connectivity index (χ4v) is 2.07. The van der Waals surface area contributed by atoms with Gasteiger partial charge in [-0.05, 0) is 6.92 Å². The Morgan fingerprint density at radius 3 is 2.80 bits per heavy atom. The summed E-state index contributed by atoms with van der Waals surface area (Å²) in [5.74, 6) is 0. The van der Waals surface area contributed by atoms with Crippen LogP contribution in [-0.4, -0.2) is 44.8 Å². The van der Waals surface area contributed by atoms with E-state index in [1.54, 1.807) is 13.0 Å². The van der Waals surface area contributed by atoms with Crippen molar-refractivity contribution in [1.82, 2.24) is 9.55 Å². The normalized spacial score (nSPS) is 30.2. The Labute approximate surface area is 112 Å². The third-order valence-electron chi connectivity index (χ3n) is 3.09. The van der Waals surface area contributed by atoms with Gasteiger partial charge in [-0.3, -0.25) is 14.3 Å². The van der Waals surface area contributed by atoms with Gasteiger partial charge in [0.05, 0.1) is 12.2 Å². The van der Waals surface area contributed by atoms with E-state index >= 15 is 0 Å². The van der Waals surface area contributed by atoms with Gasteiger partial charge in [0.25, 0.3) is 5.56 Å². The Kier molecular flexibility index (Phi) is 4.17. The molecule has 0 saturated carbocycles. The van der Waals surface area contributed by atoms with Gasteiger partial charge >= 0.3 is 5.69 Å². The first kappa shape index (κ1) is 14.6. The Balaban J connectivity index is 2.46. The number of aliphatic hydroxyl groups excluding tert-OH is 2. The molecular formula is C12H15FN2O5. The zero-order chi connectivity index (χ0) is 14.9. The average Bonchev–Trinajstić information content (AvgIpc) is 2.70. The first-order chi connectivity index (χ1) is 9.49. The molecule has 0 spiro atoms. The summed E-state index contributed by atoms with van der Waals surface area (Å²) in [5.41, 5.74) is -1.29. The number of ether oxygens (including phenoxy) is 1. The molecule has 0 aliphatic carbocycles. The monoisotopic (exact) mass is 286 g/mol. The number of nitrogens with one attached hydrogen (secondary N) is 1. The van der Waals surface area contributed by atoms with Crippen LogP contribution in [0, 0.1) is 0 Å². The van der Waals surface area contributed by atoms with Gasteiger partial charge < -0.3 is 14.9 Å². The molecule has 1 aliphatic rings. The quantitative estimate of drug-likeness (QED) is 0.672. The van der Waals surface area contributed by atoms with Gasteiger partial charge in [-0.2, -0.15) is 0 Å². The molecule has 0 bridgehead atoms. The molecule has 0 amide bonds. The third kappa shape index (κ3) is 2.45. The predicted molar refractivity (Wildman–Crippen MR) is 67.9 cm³/mol. The lowest BCUT2D eigenvalue weighted by atomic mass is 10.1. The highest BCUT2D eigenvalue weighted by atomic mass is 19.1. The lowest BCUT2D eigenvalue weighted by Crippen LogP contribution is -2.36. The first-order valence-electron chi connectivity index (χ1n) is 6.06. The topological polar surface area (TPSA) is 105 Å². The maximum atomic E-state index is 13.9. The highest BCUT2D eigenvalue weighted by Crippen LogP contribution is 2.30. The van der Waals surface area contributed by atoms with Crippen LogP contribution in [0.4, 0.5) is 4.39 Å². The summed E-state index contributed by atoms with van der Waals surface area (Å²) in [6.07, 6.45) is -1.72. The minimum atomic E-state index is -1.88. The molecule has 8 heteroatoms. The number of aromatic amines is 1. The average molecular weight is 286 g/mol. The van der Waals surface area contributed by atoms with Crippen LogP contribution in [0.25, 0.3) is 6.08 Å². The summed E-state index contributed by atoms with van der Waals surface area (Å²) in [6, 6.07) is 0. The molecule has 4 atom stereocenters. The fourth-order valence-electron chi connectivity index (χ4n) is 2.07. The van der Waals surface area contributed by atoms with E-state index in [1.165, 1.54) is 6.08 Å². The smallest absolute Gasteiger partial charge is 0.330 e. The number of halogens is 1. The number of alkyl halides is 1. The number of rotatable bonds is 3. The third-order valence-corrected chi connectivity index (χ3v) is 3.09. The van der Waals surface area contributed by atoms with Crippen LogP contribution < -0.4 is 11.2 Å². The number of allylic oxidation sites excluding steroid dienone is 1. The van der Waals surface area contributed by atoms with Crippen LogP contribution in [0.2, 0.25) is 0 Å². The zero-order valence-corrected chi connectivity index (χ0v) is 10.7. The largest absolute Gasteiger partial charge is 0.394 e. The van der Waals surface area contributed by atoms with Crippen molar-refractivity contribution < 1.29 is 19.3 Å². The Hall–Kier alpha value is -1.77. The number of aliphatic hydroxyl groups is 2. The highest BCUT2D eigenvalue weighted by Gasteiger charge is 2.45. The molecule has 0 unspecified atom stereocenters. The van der Waals surface area contributed by atoms with E-state index in [1.807, 2.05) is 4.98 Å². The van der Waals surface area contributed by atoms with E-state index < -0.39 is 42.5 Å². The molecule has 20 heavy (non-hydrogen) atoms. The second-order valence-electron chi connectivity index (χ2n) is 4.43. The van der Waals surface area contributed by atoms with Gasteiger partial charge in [-0.1, -0.05) is 12.2 Å². The maximum Gasteiger partial charge on any atom is 0.330 e. The fraction of sp³-hybridized carbons (Fsp3) is 0.500. The van der Waals surface area contributed by atoms with Crippen molar-refractivity contribution in [3.8, 4) is 0 Å². The van der Waals surface area contributed by atoms with E-state index in [0.717, 1.165) is 10.8 Å². The van der Waals surface area contributed by atoms with Crippen LogP contribution in [-0.2, 0) is 4.74 Å². The molecule has 0 radical (unpaired) electrons. The molecule has 1 aromatic heterocycles. The minimum Gasteiger partial charge on any atom is -0.394 e. The number of H-pyrrole nitrogens is 1. The van der Waals surface area contributed by atoms with Crippen LogP contribution >= 0.6 is 0 Å². The standard InChI is InChI=1S/C12H15FN2O5/c1-2-3-6-4-15(12(19)14-10(6)18)11-8(13)9(17)7(5-16)20-11/h2-4,7-9,11,16-17H,5H2,1H3,(H,14,18,19)/b3-2+/t7-,8-,9-,11-/m1/s1. The summed E-state index contributed by atoms with van der Waals surface area (Å²) < 4.78 is 19.9. The van der Waals surface area contributed by atoms with Crippen molar-refractivity contribution >= 4 is 6.08 Å². The minimum absolute atomic E-state index is 0.157. The summed E-state index contributed by atoms with van der Waals surface area (Å²) >= 11 is 0. The van der Waals surface area contributed by atoms with Crippen molar-refractivity contribution in [3.63, 3.8) is 0 Å². The van der Waals surface area contributed by atoms with Crippen LogP contribution in [0.5, 0.6) is 0 Å². The number of hydrogen-bond acceptors (Lipinski definition) is 5. The summed E-state index contributed by atoms with van der Waals surface area (Å²) in [7, 11) is 0. The van der Waals surface area contributed by atoms with Gasteiger partial charge in [-0.25, -0.2) is 9.18 Å². The number of aromatic nitrogens is 2.